The molecule has 21 heavy (non-hydrogen) atoms. The SMILES string of the molecule is CCN(CC(C)(C)O)C(=O)NCCCc1c(C)noc1C. The van der Waals surface area contributed by atoms with Crippen molar-refractivity contribution in [2.75, 3.05) is 19.6 Å². The Morgan fingerprint density at radius 3 is 2.57 bits per heavy atom. The van der Waals surface area contributed by atoms with Crippen molar-refractivity contribution in [1.82, 2.24) is 15.4 Å². The molecular formula is C15H27N3O3. The van der Waals surface area contributed by atoms with Crippen LogP contribution in [-0.4, -0.2) is 46.4 Å². The second kappa shape index (κ2) is 7.45. The first kappa shape index (κ1) is 17.5. The average molecular weight is 297 g/mol. The van der Waals surface area contributed by atoms with E-state index in [0.717, 1.165) is 29.9 Å². The number of rotatable bonds is 7. The number of likely N-dealkylation sites (N-methyl/N-ethyl adjacent to an activating group) is 1. The molecule has 2 amide bonds. The highest BCUT2D eigenvalue weighted by atomic mass is 16.5. The molecule has 0 saturated carbocycles. The van der Waals surface area contributed by atoms with E-state index in [-0.39, 0.29) is 6.03 Å². The number of carbonyl (C=O) groups is 1. The van der Waals surface area contributed by atoms with Crippen LogP contribution in [0.4, 0.5) is 4.79 Å². The fourth-order valence-electron chi connectivity index (χ4n) is 2.23. The third-order valence-electron chi connectivity index (χ3n) is 3.31. The Bertz CT molecular complexity index is 444. The number of aromatic nitrogens is 1. The molecule has 1 heterocycles. The first-order chi connectivity index (χ1) is 9.74. The Hall–Kier alpha value is -1.56. The van der Waals surface area contributed by atoms with Crippen LogP contribution in [0, 0.1) is 13.8 Å². The normalized spacial score (nSPS) is 11.5. The van der Waals surface area contributed by atoms with Crippen LogP contribution in [0.5, 0.6) is 0 Å². The minimum Gasteiger partial charge on any atom is -0.389 e. The maximum Gasteiger partial charge on any atom is 0.317 e. The van der Waals surface area contributed by atoms with Crippen molar-refractivity contribution >= 4 is 6.03 Å². The van der Waals surface area contributed by atoms with Gasteiger partial charge >= 0.3 is 6.03 Å². The first-order valence-electron chi connectivity index (χ1n) is 7.41. The molecule has 0 saturated heterocycles. The highest BCUT2D eigenvalue weighted by molar-refractivity contribution is 5.74. The molecule has 0 radical (unpaired) electrons. The van der Waals surface area contributed by atoms with Gasteiger partial charge in [-0.3, -0.25) is 0 Å². The quantitative estimate of drug-likeness (QED) is 0.755. The van der Waals surface area contributed by atoms with Gasteiger partial charge in [0.05, 0.1) is 17.8 Å². The maximum atomic E-state index is 12.0. The molecule has 6 heteroatoms. The second-order valence-corrected chi connectivity index (χ2v) is 5.96. The van der Waals surface area contributed by atoms with Crippen molar-refractivity contribution in [3.8, 4) is 0 Å². The van der Waals surface area contributed by atoms with Gasteiger partial charge in [-0.1, -0.05) is 5.16 Å². The molecule has 0 fully saturated rings. The average Bonchev–Trinajstić information content (AvgIpc) is 2.70. The lowest BCUT2D eigenvalue weighted by atomic mass is 10.1. The van der Waals surface area contributed by atoms with Gasteiger partial charge in [-0.25, -0.2) is 4.79 Å². The Morgan fingerprint density at radius 2 is 2.10 bits per heavy atom. The predicted octanol–water partition coefficient (Wildman–Crippen LogP) is 2.03. The molecule has 1 aromatic heterocycles. The van der Waals surface area contributed by atoms with E-state index >= 15 is 0 Å². The summed E-state index contributed by atoms with van der Waals surface area (Å²) in [6.45, 7) is 10.6. The molecule has 1 rings (SSSR count). The van der Waals surface area contributed by atoms with Crippen LogP contribution in [0.25, 0.3) is 0 Å². The fourth-order valence-corrected chi connectivity index (χ4v) is 2.23. The lowest BCUT2D eigenvalue weighted by Gasteiger charge is -2.28. The van der Waals surface area contributed by atoms with Crippen LogP contribution in [0.3, 0.4) is 0 Å². The number of nitrogens with one attached hydrogen (secondary N) is 1. The molecule has 0 aliphatic rings. The summed E-state index contributed by atoms with van der Waals surface area (Å²) < 4.78 is 5.11. The molecule has 2 N–H and O–H groups in total. The van der Waals surface area contributed by atoms with Gasteiger partial charge in [-0.15, -0.1) is 0 Å². The predicted molar refractivity (Wildman–Crippen MR) is 81.2 cm³/mol. The van der Waals surface area contributed by atoms with Crippen LogP contribution in [-0.2, 0) is 6.42 Å². The number of urea groups is 1. The second-order valence-electron chi connectivity index (χ2n) is 5.96. The monoisotopic (exact) mass is 297 g/mol. The van der Waals surface area contributed by atoms with Crippen molar-refractivity contribution in [2.24, 2.45) is 0 Å². The molecule has 120 valence electrons. The summed E-state index contributed by atoms with van der Waals surface area (Å²) in [6.07, 6.45) is 1.66. The summed E-state index contributed by atoms with van der Waals surface area (Å²) in [4.78, 5) is 13.6. The van der Waals surface area contributed by atoms with E-state index in [4.69, 9.17) is 4.52 Å². The van der Waals surface area contributed by atoms with E-state index in [2.05, 4.69) is 10.5 Å². The molecule has 0 bridgehead atoms. The van der Waals surface area contributed by atoms with Crippen molar-refractivity contribution in [3.05, 3.63) is 17.0 Å². The molecule has 6 nitrogen and oxygen atoms in total. The number of hydrogen-bond acceptors (Lipinski definition) is 4. The summed E-state index contributed by atoms with van der Waals surface area (Å²) >= 11 is 0. The zero-order valence-electron chi connectivity index (χ0n) is 13.7. The molecule has 0 aliphatic carbocycles. The minimum atomic E-state index is -0.885. The fraction of sp³-hybridized carbons (Fsp3) is 0.733. The molecule has 0 unspecified atom stereocenters. The van der Waals surface area contributed by atoms with Crippen LogP contribution in [0.1, 0.15) is 44.2 Å². The van der Waals surface area contributed by atoms with E-state index in [1.807, 2.05) is 20.8 Å². The number of nitrogens with zero attached hydrogens (tertiary/aromatic N) is 2. The van der Waals surface area contributed by atoms with Crippen molar-refractivity contribution in [1.29, 1.82) is 0 Å². The molecule has 0 aliphatic heterocycles. The van der Waals surface area contributed by atoms with Crippen LogP contribution in [0.2, 0.25) is 0 Å². The topological polar surface area (TPSA) is 78.6 Å². The molecule has 0 spiro atoms. The summed E-state index contributed by atoms with van der Waals surface area (Å²) in [5.74, 6) is 0.844. The van der Waals surface area contributed by atoms with Crippen molar-refractivity contribution in [2.45, 2.75) is 53.1 Å². The summed E-state index contributed by atoms with van der Waals surface area (Å²) in [7, 11) is 0. The zero-order valence-corrected chi connectivity index (χ0v) is 13.7. The van der Waals surface area contributed by atoms with E-state index in [0.29, 0.717) is 19.6 Å². The van der Waals surface area contributed by atoms with Gasteiger partial charge in [0.15, 0.2) is 0 Å². The lowest BCUT2D eigenvalue weighted by molar-refractivity contribution is 0.0480. The van der Waals surface area contributed by atoms with Crippen molar-refractivity contribution in [3.63, 3.8) is 0 Å². The van der Waals surface area contributed by atoms with Crippen LogP contribution >= 0.6 is 0 Å². The number of aliphatic hydroxyl groups is 1. The van der Waals surface area contributed by atoms with Gasteiger partial charge < -0.3 is 19.8 Å². The lowest BCUT2D eigenvalue weighted by Crippen LogP contribution is -2.47. The molecular weight excluding hydrogens is 270 g/mol. The van der Waals surface area contributed by atoms with Gasteiger partial charge in [0.2, 0.25) is 0 Å². The van der Waals surface area contributed by atoms with E-state index in [9.17, 15) is 9.90 Å². The maximum absolute atomic E-state index is 12.0. The largest absolute Gasteiger partial charge is 0.389 e. The smallest absolute Gasteiger partial charge is 0.317 e. The van der Waals surface area contributed by atoms with E-state index in [1.165, 1.54) is 0 Å². The highest BCUT2D eigenvalue weighted by Gasteiger charge is 2.20. The van der Waals surface area contributed by atoms with Gasteiger partial charge in [-0.2, -0.15) is 0 Å². The van der Waals surface area contributed by atoms with Crippen molar-refractivity contribution < 1.29 is 14.4 Å². The van der Waals surface area contributed by atoms with Crippen LogP contribution in [0.15, 0.2) is 4.52 Å². The number of hydrogen-bond donors (Lipinski definition) is 2. The van der Waals surface area contributed by atoms with Gasteiger partial charge in [0.1, 0.15) is 5.76 Å². The van der Waals surface area contributed by atoms with E-state index in [1.54, 1.807) is 18.7 Å². The standard InChI is InChI=1S/C15H27N3O3/c1-6-18(10-15(4,5)20)14(19)16-9-7-8-13-11(2)17-21-12(13)3/h20H,6-10H2,1-5H3,(H,16,19). The third-order valence-corrected chi connectivity index (χ3v) is 3.31. The first-order valence-corrected chi connectivity index (χ1v) is 7.41. The highest BCUT2D eigenvalue weighted by Crippen LogP contribution is 2.13. The molecule has 0 atom stereocenters. The van der Waals surface area contributed by atoms with Crippen LogP contribution < -0.4 is 5.32 Å². The Balaban J connectivity index is 2.36. The number of aryl methyl sites for hydroxylation is 2. The third kappa shape index (κ3) is 5.75. The van der Waals surface area contributed by atoms with E-state index < -0.39 is 5.60 Å². The minimum absolute atomic E-state index is 0.140. The van der Waals surface area contributed by atoms with Gasteiger partial charge in [-0.05, 0) is 47.5 Å². The molecule has 0 aromatic carbocycles. The van der Waals surface area contributed by atoms with Gasteiger partial charge in [0, 0.05) is 18.7 Å². The Labute approximate surface area is 126 Å². The summed E-state index contributed by atoms with van der Waals surface area (Å²) in [5.41, 5.74) is 1.15. The Morgan fingerprint density at radius 1 is 1.43 bits per heavy atom. The Kier molecular flexibility index (Phi) is 6.20. The summed E-state index contributed by atoms with van der Waals surface area (Å²) in [6, 6.07) is -0.140. The number of amides is 2. The number of carbonyl (C=O) groups excluding carboxylic acids is 1. The summed E-state index contributed by atoms with van der Waals surface area (Å²) in [5, 5.41) is 16.6. The molecule has 1 aromatic rings. The van der Waals surface area contributed by atoms with Gasteiger partial charge in [0.25, 0.3) is 0 Å². The zero-order chi connectivity index (χ0) is 16.0.